The molecule has 3 heterocycles. The third-order valence-electron chi connectivity index (χ3n) is 10.4. The van der Waals surface area contributed by atoms with Crippen LogP contribution in [0.25, 0.3) is 83.1 Å². The van der Waals surface area contributed by atoms with Crippen molar-refractivity contribution in [2.45, 2.75) is 0 Å². The quantitative estimate of drug-likeness (QED) is 0.174. The Morgan fingerprint density at radius 1 is 0.444 bits per heavy atom. The molecule has 3 aromatic heterocycles. The molecule has 0 aliphatic heterocycles. The van der Waals surface area contributed by atoms with Crippen LogP contribution in [0.3, 0.4) is 0 Å². The first-order valence-corrected chi connectivity index (χ1v) is 18.1. The van der Waals surface area contributed by atoms with Gasteiger partial charge in [0.1, 0.15) is 11.1 Å². The second-order valence-corrected chi connectivity index (χ2v) is 13.5. The molecule has 0 aliphatic rings. The van der Waals surface area contributed by atoms with Gasteiger partial charge < -0.3 is 18.3 Å². The largest absolute Gasteiger partial charge is 0.454 e. The zero-order chi connectivity index (χ0) is 35.6. The molecule has 0 spiro atoms. The SMILES string of the molecule is c1ccc(-c2nc3c(ccc4oc5c(N(c6ccccc6-c6ccccc6)c6cccc7c8ccccc8n(-c8ccccc8)c67)cccc5c43)o2)cc1. The topological polar surface area (TPSA) is 47.3 Å². The molecule has 0 amide bonds. The number of para-hydroxylation sites is 5. The van der Waals surface area contributed by atoms with Crippen LogP contribution in [0.4, 0.5) is 17.1 Å². The van der Waals surface area contributed by atoms with Crippen LogP contribution in [0, 0.1) is 0 Å². The molecule has 0 aliphatic carbocycles. The van der Waals surface area contributed by atoms with Gasteiger partial charge in [-0.25, -0.2) is 4.98 Å². The molecule has 54 heavy (non-hydrogen) atoms. The number of oxazole rings is 1. The van der Waals surface area contributed by atoms with E-state index in [9.17, 15) is 0 Å². The van der Waals surface area contributed by atoms with Gasteiger partial charge in [-0.2, -0.15) is 0 Å². The van der Waals surface area contributed by atoms with Gasteiger partial charge in [0, 0.05) is 33.0 Å². The van der Waals surface area contributed by atoms with E-state index in [1.54, 1.807) is 0 Å². The van der Waals surface area contributed by atoms with Crippen LogP contribution in [-0.2, 0) is 0 Å². The summed E-state index contributed by atoms with van der Waals surface area (Å²) in [5.41, 5.74) is 12.5. The normalized spacial score (nSPS) is 11.7. The maximum atomic E-state index is 6.93. The minimum Gasteiger partial charge on any atom is -0.454 e. The van der Waals surface area contributed by atoms with E-state index in [-0.39, 0.29) is 0 Å². The predicted octanol–water partition coefficient (Wildman–Crippen LogP) is 13.6. The Kier molecular flexibility index (Phi) is 6.79. The zero-order valence-corrected chi connectivity index (χ0v) is 29.1. The molecule has 5 nitrogen and oxygen atoms in total. The lowest BCUT2D eigenvalue weighted by Gasteiger charge is -2.29. The summed E-state index contributed by atoms with van der Waals surface area (Å²) in [5.74, 6) is 0.586. The highest BCUT2D eigenvalue weighted by Gasteiger charge is 2.27. The first kappa shape index (κ1) is 30.3. The molecular weight excluding hydrogens is 663 g/mol. The van der Waals surface area contributed by atoms with Crippen LogP contribution < -0.4 is 4.90 Å². The monoisotopic (exact) mass is 693 g/mol. The maximum Gasteiger partial charge on any atom is 0.227 e. The van der Waals surface area contributed by atoms with Crippen molar-refractivity contribution < 1.29 is 8.83 Å². The Morgan fingerprint density at radius 2 is 1.06 bits per heavy atom. The van der Waals surface area contributed by atoms with Crippen molar-refractivity contribution >= 4 is 71.9 Å². The number of hydrogen-bond acceptors (Lipinski definition) is 4. The highest BCUT2D eigenvalue weighted by molar-refractivity contribution is 6.21. The second-order valence-electron chi connectivity index (χ2n) is 13.5. The smallest absolute Gasteiger partial charge is 0.227 e. The van der Waals surface area contributed by atoms with Gasteiger partial charge in [-0.3, -0.25) is 0 Å². The van der Waals surface area contributed by atoms with E-state index in [0.717, 1.165) is 83.5 Å². The predicted molar refractivity (Wildman–Crippen MR) is 221 cm³/mol. The van der Waals surface area contributed by atoms with E-state index in [1.165, 1.54) is 10.8 Å². The Bertz CT molecular complexity index is 3160. The van der Waals surface area contributed by atoms with Crippen molar-refractivity contribution in [2.24, 2.45) is 0 Å². The summed E-state index contributed by atoms with van der Waals surface area (Å²) >= 11 is 0. The lowest BCUT2D eigenvalue weighted by molar-refractivity contribution is 0.619. The molecule has 0 saturated heterocycles. The number of furan rings is 1. The number of anilines is 3. The Balaban J connectivity index is 1.25. The molecule has 0 unspecified atom stereocenters. The highest BCUT2D eigenvalue weighted by Crippen LogP contribution is 2.49. The number of nitrogens with zero attached hydrogens (tertiary/aromatic N) is 3. The minimum absolute atomic E-state index is 0.586. The molecule has 8 aromatic carbocycles. The molecule has 11 rings (SSSR count). The van der Waals surface area contributed by atoms with E-state index >= 15 is 0 Å². The number of hydrogen-bond donors (Lipinski definition) is 0. The summed E-state index contributed by atoms with van der Waals surface area (Å²) in [4.78, 5) is 7.42. The molecular formula is C49H31N3O2. The molecule has 0 saturated carbocycles. The summed E-state index contributed by atoms with van der Waals surface area (Å²) < 4.78 is 15.6. The van der Waals surface area contributed by atoms with E-state index < -0.39 is 0 Å². The van der Waals surface area contributed by atoms with Crippen molar-refractivity contribution in [1.29, 1.82) is 0 Å². The first-order chi connectivity index (χ1) is 26.8. The number of aromatic nitrogens is 2. The molecule has 11 aromatic rings. The third-order valence-corrected chi connectivity index (χ3v) is 10.4. The highest BCUT2D eigenvalue weighted by atomic mass is 16.4. The van der Waals surface area contributed by atoms with Gasteiger partial charge in [0.25, 0.3) is 0 Å². The summed E-state index contributed by atoms with van der Waals surface area (Å²) in [7, 11) is 0. The van der Waals surface area contributed by atoms with Gasteiger partial charge in [0.15, 0.2) is 11.2 Å². The van der Waals surface area contributed by atoms with Gasteiger partial charge in [-0.05, 0) is 66.2 Å². The van der Waals surface area contributed by atoms with E-state index in [1.807, 2.05) is 42.5 Å². The summed E-state index contributed by atoms with van der Waals surface area (Å²) in [6, 6.07) is 65.5. The molecule has 5 heteroatoms. The molecule has 0 atom stereocenters. The number of benzene rings is 8. The van der Waals surface area contributed by atoms with Crippen molar-refractivity contribution in [2.75, 3.05) is 4.90 Å². The van der Waals surface area contributed by atoms with Crippen molar-refractivity contribution in [3.63, 3.8) is 0 Å². The Labute approximate surface area is 310 Å². The maximum absolute atomic E-state index is 6.93. The fraction of sp³-hybridized carbons (Fsp3) is 0. The van der Waals surface area contributed by atoms with Gasteiger partial charge >= 0.3 is 0 Å². The average molecular weight is 694 g/mol. The number of rotatable bonds is 6. The van der Waals surface area contributed by atoms with Gasteiger partial charge in [0.05, 0.1) is 33.5 Å². The molecule has 254 valence electrons. The van der Waals surface area contributed by atoms with Gasteiger partial charge in [-0.1, -0.05) is 127 Å². The third kappa shape index (κ3) is 4.62. The Morgan fingerprint density at radius 3 is 1.87 bits per heavy atom. The second kappa shape index (κ2) is 12.1. The number of fused-ring (bicyclic) bond motifs is 8. The van der Waals surface area contributed by atoms with Crippen LogP contribution in [0.5, 0.6) is 0 Å². The summed E-state index contributed by atoms with van der Waals surface area (Å²) in [6.45, 7) is 0. The van der Waals surface area contributed by atoms with Crippen LogP contribution in [0.2, 0.25) is 0 Å². The lowest BCUT2D eigenvalue weighted by atomic mass is 10.0. The average Bonchev–Trinajstić information content (AvgIpc) is 3.95. The zero-order valence-electron chi connectivity index (χ0n) is 29.1. The van der Waals surface area contributed by atoms with Crippen molar-refractivity contribution in [3.8, 4) is 28.3 Å². The van der Waals surface area contributed by atoms with Crippen LogP contribution in [0.15, 0.2) is 197 Å². The van der Waals surface area contributed by atoms with Crippen LogP contribution in [-0.4, -0.2) is 9.55 Å². The van der Waals surface area contributed by atoms with Crippen LogP contribution >= 0.6 is 0 Å². The van der Waals surface area contributed by atoms with Gasteiger partial charge in [-0.15, -0.1) is 0 Å². The van der Waals surface area contributed by atoms with E-state index in [2.05, 4.69) is 155 Å². The molecule has 0 radical (unpaired) electrons. The minimum atomic E-state index is 0.586. The molecule has 0 bridgehead atoms. The van der Waals surface area contributed by atoms with E-state index in [4.69, 9.17) is 13.8 Å². The van der Waals surface area contributed by atoms with Crippen LogP contribution in [0.1, 0.15) is 0 Å². The lowest BCUT2D eigenvalue weighted by Crippen LogP contribution is -2.13. The van der Waals surface area contributed by atoms with Crippen molar-refractivity contribution in [3.05, 3.63) is 188 Å². The summed E-state index contributed by atoms with van der Waals surface area (Å²) in [5, 5.41) is 4.27. The van der Waals surface area contributed by atoms with Gasteiger partial charge in [0.2, 0.25) is 5.89 Å². The Hall–Kier alpha value is -7.37. The first-order valence-electron chi connectivity index (χ1n) is 18.1. The standard InChI is InChI=1S/C49H31N3O2/c1-4-16-32(17-5-1)35-22-10-12-26-39(35)52(41-28-14-24-37-36-23-11-13-27-40(36)51(47(37)41)34-20-8-3-9-21-34)42-29-15-25-38-45-43(53-48(38)42)30-31-44-46(45)50-49(54-44)33-18-6-2-7-19-33/h1-31H. The molecule has 0 fully saturated rings. The van der Waals surface area contributed by atoms with Crippen molar-refractivity contribution in [1.82, 2.24) is 9.55 Å². The molecule has 0 N–H and O–H groups in total. The van der Waals surface area contributed by atoms with E-state index in [0.29, 0.717) is 5.89 Å². The summed E-state index contributed by atoms with van der Waals surface area (Å²) in [6.07, 6.45) is 0. The fourth-order valence-corrected chi connectivity index (χ4v) is 8.09. The fourth-order valence-electron chi connectivity index (χ4n) is 8.09.